The highest BCUT2D eigenvalue weighted by Crippen LogP contribution is 2.29. The van der Waals surface area contributed by atoms with Gasteiger partial charge in [0.2, 0.25) is 5.91 Å². The van der Waals surface area contributed by atoms with Crippen molar-refractivity contribution >= 4 is 18.0 Å². The molecule has 0 spiro atoms. The second-order valence-corrected chi connectivity index (χ2v) is 4.15. The van der Waals surface area contributed by atoms with E-state index in [0.29, 0.717) is 18.7 Å². The van der Waals surface area contributed by atoms with Crippen molar-refractivity contribution in [2.45, 2.75) is 18.6 Å². The van der Waals surface area contributed by atoms with Crippen molar-refractivity contribution in [2.75, 3.05) is 6.54 Å². The van der Waals surface area contributed by atoms with Gasteiger partial charge in [-0.15, -0.1) is 0 Å². The van der Waals surface area contributed by atoms with E-state index in [-0.39, 0.29) is 18.0 Å². The minimum absolute atomic E-state index is 0.117. The molecule has 0 N–H and O–H groups in total. The maximum atomic E-state index is 11.9. The third-order valence-electron chi connectivity index (χ3n) is 3.03. The van der Waals surface area contributed by atoms with Crippen LogP contribution in [0.4, 0.5) is 0 Å². The van der Waals surface area contributed by atoms with Gasteiger partial charge < -0.3 is 14.1 Å². The number of ether oxygens (including phenoxy) is 1. The molecule has 2 fully saturated rings. The topological polar surface area (TPSA) is 59.8 Å². The largest absolute Gasteiger partial charge is 0.465 e. The van der Waals surface area contributed by atoms with Crippen molar-refractivity contribution in [3.63, 3.8) is 0 Å². The van der Waals surface area contributed by atoms with Crippen LogP contribution < -0.4 is 0 Å². The molecule has 17 heavy (non-hydrogen) atoms. The molecule has 0 radical (unpaired) electrons. The number of nitrogens with zero attached hydrogens (tertiary/aromatic N) is 1. The second-order valence-electron chi connectivity index (χ2n) is 4.15. The zero-order valence-corrected chi connectivity index (χ0v) is 9.04. The summed E-state index contributed by atoms with van der Waals surface area (Å²) in [7, 11) is 0. The van der Waals surface area contributed by atoms with Crippen LogP contribution in [0.5, 0.6) is 0 Å². The summed E-state index contributed by atoms with van der Waals surface area (Å²) in [5.74, 6) is 0.150. The Morgan fingerprint density at radius 2 is 2.41 bits per heavy atom. The zero-order valence-electron chi connectivity index (χ0n) is 9.04. The highest BCUT2D eigenvalue weighted by molar-refractivity contribution is 5.95. The first kappa shape index (κ1) is 10.1. The van der Waals surface area contributed by atoms with Gasteiger partial charge in [0, 0.05) is 12.5 Å². The number of likely N-dealkylation sites (tertiary alicyclic amines) is 1. The molecule has 3 heterocycles. The van der Waals surface area contributed by atoms with Gasteiger partial charge in [0.25, 0.3) is 0 Å². The van der Waals surface area contributed by atoms with Crippen molar-refractivity contribution in [2.24, 2.45) is 0 Å². The number of morpholine rings is 1. The van der Waals surface area contributed by atoms with Crippen molar-refractivity contribution in [3.05, 3.63) is 30.2 Å². The number of fused-ring (bicyclic) bond motifs is 2. The SMILES string of the molecule is O=C1O[C@@H]2C[C@@H]1N(C(=O)/C=C/c1ccco1)C2. The molecule has 1 aromatic rings. The number of amides is 1. The van der Waals surface area contributed by atoms with Crippen molar-refractivity contribution in [1.82, 2.24) is 4.90 Å². The molecule has 2 aliphatic rings. The minimum atomic E-state index is -0.395. The molecule has 2 bridgehead atoms. The number of esters is 1. The highest BCUT2D eigenvalue weighted by Gasteiger charge is 2.47. The van der Waals surface area contributed by atoms with Crippen molar-refractivity contribution < 1.29 is 18.7 Å². The van der Waals surface area contributed by atoms with Gasteiger partial charge in [-0.2, -0.15) is 0 Å². The fraction of sp³-hybridized carbons (Fsp3) is 0.333. The molecule has 0 aromatic carbocycles. The molecular weight excluding hydrogens is 222 g/mol. The van der Waals surface area contributed by atoms with Crippen LogP contribution in [-0.4, -0.2) is 35.5 Å². The van der Waals surface area contributed by atoms with E-state index in [2.05, 4.69) is 0 Å². The normalized spacial score (nSPS) is 26.8. The van der Waals surface area contributed by atoms with Crippen LogP contribution in [-0.2, 0) is 14.3 Å². The van der Waals surface area contributed by atoms with E-state index in [1.165, 1.54) is 6.08 Å². The lowest BCUT2D eigenvalue weighted by Gasteiger charge is -2.24. The smallest absolute Gasteiger partial charge is 0.329 e. The van der Waals surface area contributed by atoms with Crippen molar-refractivity contribution in [3.8, 4) is 0 Å². The van der Waals surface area contributed by atoms with Gasteiger partial charge >= 0.3 is 5.97 Å². The predicted octanol–water partition coefficient (Wildman–Crippen LogP) is 0.819. The number of carbonyl (C=O) groups excluding carboxylic acids is 2. The Morgan fingerprint density at radius 1 is 1.53 bits per heavy atom. The lowest BCUT2D eigenvalue weighted by Crippen LogP contribution is -2.43. The summed E-state index contributed by atoms with van der Waals surface area (Å²) in [6, 6.07) is 3.11. The van der Waals surface area contributed by atoms with Gasteiger partial charge in [0.1, 0.15) is 17.9 Å². The van der Waals surface area contributed by atoms with Crippen LogP contribution in [0.1, 0.15) is 12.2 Å². The summed E-state index contributed by atoms with van der Waals surface area (Å²) < 4.78 is 10.1. The summed E-state index contributed by atoms with van der Waals surface area (Å²) in [5, 5.41) is 0. The van der Waals surface area contributed by atoms with E-state index in [0.717, 1.165) is 0 Å². The summed E-state index contributed by atoms with van der Waals surface area (Å²) >= 11 is 0. The van der Waals surface area contributed by atoms with E-state index in [9.17, 15) is 9.59 Å². The minimum Gasteiger partial charge on any atom is -0.465 e. The van der Waals surface area contributed by atoms with Gasteiger partial charge in [-0.3, -0.25) is 4.79 Å². The van der Waals surface area contributed by atoms with Gasteiger partial charge in [-0.1, -0.05) is 0 Å². The number of furan rings is 1. The molecule has 2 aliphatic heterocycles. The number of hydrogen-bond acceptors (Lipinski definition) is 4. The number of rotatable bonds is 2. The van der Waals surface area contributed by atoms with E-state index >= 15 is 0 Å². The third-order valence-corrected chi connectivity index (χ3v) is 3.03. The first-order chi connectivity index (χ1) is 8.24. The van der Waals surface area contributed by atoms with Gasteiger partial charge in [-0.25, -0.2) is 4.79 Å². The van der Waals surface area contributed by atoms with Gasteiger partial charge in [-0.05, 0) is 18.2 Å². The molecular formula is C12H11NO4. The lowest BCUT2D eigenvalue weighted by atomic mass is 10.2. The summed E-state index contributed by atoms with van der Waals surface area (Å²) in [5.41, 5.74) is 0. The van der Waals surface area contributed by atoms with Crippen LogP contribution in [0.3, 0.4) is 0 Å². The van der Waals surface area contributed by atoms with E-state index < -0.39 is 6.04 Å². The van der Waals surface area contributed by atoms with Crippen LogP contribution in [0.15, 0.2) is 28.9 Å². The molecule has 88 valence electrons. The van der Waals surface area contributed by atoms with E-state index in [4.69, 9.17) is 9.15 Å². The maximum absolute atomic E-state index is 11.9. The highest BCUT2D eigenvalue weighted by atomic mass is 16.6. The third kappa shape index (κ3) is 1.73. The molecule has 0 aliphatic carbocycles. The van der Waals surface area contributed by atoms with E-state index in [1.807, 2.05) is 0 Å². The summed E-state index contributed by atoms with van der Waals surface area (Å²) in [4.78, 5) is 24.7. The standard InChI is InChI=1S/C12H11NO4/c14-11(4-3-8-2-1-5-16-8)13-7-9-6-10(13)12(15)17-9/h1-5,9-10H,6-7H2/b4-3+/t9-,10+/m1/s1. The first-order valence-electron chi connectivity index (χ1n) is 5.47. The Kier molecular flexibility index (Phi) is 2.24. The lowest BCUT2D eigenvalue weighted by molar-refractivity contribution is -0.155. The average Bonchev–Trinajstić information content (AvgIpc) is 3.00. The monoisotopic (exact) mass is 233 g/mol. The molecule has 1 aromatic heterocycles. The van der Waals surface area contributed by atoms with Crippen LogP contribution in [0.25, 0.3) is 6.08 Å². The Balaban J connectivity index is 1.70. The molecule has 5 heteroatoms. The Bertz CT molecular complexity index is 477. The molecule has 2 atom stereocenters. The average molecular weight is 233 g/mol. The second kappa shape index (κ2) is 3.76. The van der Waals surface area contributed by atoms with Crippen LogP contribution in [0, 0.1) is 0 Å². The zero-order chi connectivity index (χ0) is 11.8. The fourth-order valence-electron chi connectivity index (χ4n) is 2.23. The number of carbonyl (C=O) groups is 2. The molecule has 0 saturated carbocycles. The van der Waals surface area contributed by atoms with Gasteiger partial charge in [0.15, 0.2) is 0 Å². The summed E-state index contributed by atoms with van der Waals surface area (Å²) in [6.07, 6.45) is 5.07. The quantitative estimate of drug-likeness (QED) is 0.560. The molecule has 5 nitrogen and oxygen atoms in total. The van der Waals surface area contributed by atoms with E-state index in [1.54, 1.807) is 29.4 Å². The van der Waals surface area contributed by atoms with Crippen molar-refractivity contribution in [1.29, 1.82) is 0 Å². The van der Waals surface area contributed by atoms with Gasteiger partial charge in [0.05, 0.1) is 12.8 Å². The molecule has 3 rings (SSSR count). The number of hydrogen-bond donors (Lipinski definition) is 0. The Labute approximate surface area is 97.6 Å². The van der Waals surface area contributed by atoms with Crippen LogP contribution in [0.2, 0.25) is 0 Å². The summed E-state index contributed by atoms with van der Waals surface area (Å²) in [6.45, 7) is 0.498. The Morgan fingerprint density at radius 3 is 3.06 bits per heavy atom. The first-order valence-corrected chi connectivity index (χ1v) is 5.47. The van der Waals surface area contributed by atoms with Crippen LogP contribution >= 0.6 is 0 Å². The molecule has 0 unspecified atom stereocenters. The Hall–Kier alpha value is -2.04. The molecule has 1 amide bonds. The maximum Gasteiger partial charge on any atom is 0.329 e. The fourth-order valence-corrected chi connectivity index (χ4v) is 2.23. The predicted molar refractivity (Wildman–Crippen MR) is 57.7 cm³/mol. The molecule has 2 saturated heterocycles.